The SMILES string of the molecule is CCc1ccc(O)cc1O.O=CN1Cc2ccc(CN3CCCCC3)cc2C1. The second-order valence-electron chi connectivity index (χ2n) is 7.62. The molecule has 2 aliphatic rings. The van der Waals surface area contributed by atoms with Crippen LogP contribution in [0.2, 0.25) is 0 Å². The zero-order chi connectivity index (χ0) is 19.9. The number of piperidine rings is 1. The van der Waals surface area contributed by atoms with E-state index in [0.29, 0.717) is 0 Å². The monoisotopic (exact) mass is 382 g/mol. The van der Waals surface area contributed by atoms with Gasteiger partial charge in [0.05, 0.1) is 0 Å². The number of amides is 1. The minimum Gasteiger partial charge on any atom is -0.508 e. The van der Waals surface area contributed by atoms with Crippen LogP contribution in [-0.4, -0.2) is 39.5 Å². The Labute approximate surface area is 167 Å². The molecule has 0 saturated carbocycles. The van der Waals surface area contributed by atoms with Gasteiger partial charge in [-0.25, -0.2) is 0 Å². The molecule has 5 heteroatoms. The number of aryl methyl sites for hydroxylation is 1. The molecule has 5 nitrogen and oxygen atoms in total. The van der Waals surface area contributed by atoms with Crippen molar-refractivity contribution >= 4 is 6.41 Å². The summed E-state index contributed by atoms with van der Waals surface area (Å²) in [6.45, 7) is 7.05. The predicted molar refractivity (Wildman–Crippen MR) is 110 cm³/mol. The van der Waals surface area contributed by atoms with E-state index in [1.807, 2.05) is 11.8 Å². The summed E-state index contributed by atoms with van der Waals surface area (Å²) in [6.07, 6.45) is 5.79. The van der Waals surface area contributed by atoms with Gasteiger partial charge in [0.2, 0.25) is 6.41 Å². The Balaban J connectivity index is 0.000000192. The maximum Gasteiger partial charge on any atom is 0.210 e. The lowest BCUT2D eigenvalue weighted by atomic mass is 10.0. The van der Waals surface area contributed by atoms with Crippen LogP contribution in [0.5, 0.6) is 11.5 Å². The van der Waals surface area contributed by atoms with Crippen molar-refractivity contribution in [2.24, 2.45) is 0 Å². The fraction of sp³-hybridized carbons (Fsp3) is 0.435. The molecular formula is C23H30N2O3. The van der Waals surface area contributed by atoms with Crippen molar-refractivity contribution in [3.8, 4) is 11.5 Å². The quantitative estimate of drug-likeness (QED) is 0.790. The lowest BCUT2D eigenvalue weighted by molar-refractivity contribution is -0.118. The normalized spacial score (nSPS) is 16.2. The van der Waals surface area contributed by atoms with Crippen molar-refractivity contribution in [2.45, 2.75) is 52.2 Å². The first kappa shape index (κ1) is 20.2. The van der Waals surface area contributed by atoms with E-state index in [4.69, 9.17) is 10.2 Å². The molecule has 4 rings (SSSR count). The van der Waals surface area contributed by atoms with Gasteiger partial charge in [0.25, 0.3) is 0 Å². The molecule has 1 amide bonds. The van der Waals surface area contributed by atoms with E-state index in [2.05, 4.69) is 23.1 Å². The lowest BCUT2D eigenvalue weighted by Crippen LogP contribution is -2.29. The molecule has 1 fully saturated rings. The van der Waals surface area contributed by atoms with Crippen LogP contribution in [0.4, 0.5) is 0 Å². The number of phenols is 2. The van der Waals surface area contributed by atoms with Gasteiger partial charge in [-0.3, -0.25) is 9.69 Å². The van der Waals surface area contributed by atoms with E-state index in [1.165, 1.54) is 55.1 Å². The molecule has 0 atom stereocenters. The zero-order valence-electron chi connectivity index (χ0n) is 16.6. The first-order valence-corrected chi connectivity index (χ1v) is 10.1. The first-order chi connectivity index (χ1) is 13.6. The fourth-order valence-corrected chi connectivity index (χ4v) is 3.87. The Morgan fingerprint density at radius 2 is 1.71 bits per heavy atom. The van der Waals surface area contributed by atoms with Crippen LogP contribution < -0.4 is 0 Å². The van der Waals surface area contributed by atoms with Gasteiger partial charge in [-0.2, -0.15) is 0 Å². The van der Waals surface area contributed by atoms with Gasteiger partial charge < -0.3 is 15.1 Å². The summed E-state index contributed by atoms with van der Waals surface area (Å²) in [5.41, 5.74) is 4.89. The number of carbonyl (C=O) groups is 1. The summed E-state index contributed by atoms with van der Waals surface area (Å²) in [5, 5.41) is 18.0. The topological polar surface area (TPSA) is 64.0 Å². The minimum absolute atomic E-state index is 0.106. The maximum absolute atomic E-state index is 10.8. The van der Waals surface area contributed by atoms with E-state index in [0.717, 1.165) is 38.0 Å². The van der Waals surface area contributed by atoms with Gasteiger partial charge in [-0.05, 0) is 60.7 Å². The molecule has 0 spiro atoms. The van der Waals surface area contributed by atoms with Gasteiger partial charge >= 0.3 is 0 Å². The Morgan fingerprint density at radius 1 is 0.964 bits per heavy atom. The minimum atomic E-state index is 0.106. The summed E-state index contributed by atoms with van der Waals surface area (Å²) in [4.78, 5) is 15.2. The second-order valence-corrected chi connectivity index (χ2v) is 7.62. The summed E-state index contributed by atoms with van der Waals surface area (Å²) in [7, 11) is 0. The van der Waals surface area contributed by atoms with Crippen LogP contribution in [0.25, 0.3) is 0 Å². The number of hydrogen-bond acceptors (Lipinski definition) is 4. The summed E-state index contributed by atoms with van der Waals surface area (Å²) >= 11 is 0. The first-order valence-electron chi connectivity index (χ1n) is 10.1. The molecule has 1 saturated heterocycles. The number of likely N-dealkylation sites (tertiary alicyclic amines) is 1. The molecule has 0 unspecified atom stereocenters. The Kier molecular flexibility index (Phi) is 6.93. The van der Waals surface area contributed by atoms with Crippen molar-refractivity contribution in [3.05, 3.63) is 58.7 Å². The molecule has 2 aromatic carbocycles. The number of hydrogen-bond donors (Lipinski definition) is 2. The largest absolute Gasteiger partial charge is 0.508 e. The molecule has 28 heavy (non-hydrogen) atoms. The third kappa shape index (κ3) is 5.26. The van der Waals surface area contributed by atoms with E-state index in [9.17, 15) is 4.79 Å². The smallest absolute Gasteiger partial charge is 0.210 e. The van der Waals surface area contributed by atoms with Gasteiger partial charge in [0.1, 0.15) is 11.5 Å². The number of fused-ring (bicyclic) bond motifs is 1. The summed E-state index contributed by atoms with van der Waals surface area (Å²) in [6, 6.07) is 11.3. The van der Waals surface area contributed by atoms with E-state index >= 15 is 0 Å². The molecule has 0 aromatic heterocycles. The number of benzene rings is 2. The highest BCUT2D eigenvalue weighted by Gasteiger charge is 2.18. The third-order valence-corrected chi connectivity index (χ3v) is 5.47. The van der Waals surface area contributed by atoms with Crippen LogP contribution in [-0.2, 0) is 30.8 Å². The zero-order valence-corrected chi connectivity index (χ0v) is 16.6. The van der Waals surface area contributed by atoms with E-state index < -0.39 is 0 Å². The average molecular weight is 383 g/mol. The Hall–Kier alpha value is -2.53. The molecule has 2 heterocycles. The van der Waals surface area contributed by atoms with Crippen molar-refractivity contribution in [3.63, 3.8) is 0 Å². The van der Waals surface area contributed by atoms with Crippen molar-refractivity contribution in [1.29, 1.82) is 0 Å². The van der Waals surface area contributed by atoms with Gasteiger partial charge in [0.15, 0.2) is 0 Å². The highest BCUT2D eigenvalue weighted by molar-refractivity contribution is 5.51. The Bertz CT molecular complexity index is 800. The van der Waals surface area contributed by atoms with Crippen LogP contribution >= 0.6 is 0 Å². The number of phenolic OH excluding ortho intramolecular Hbond substituents is 2. The molecule has 2 N–H and O–H groups in total. The standard InChI is InChI=1S/C15H20N2O.C8H10O2/c18-12-17-10-14-5-4-13(8-15(14)11-17)9-16-6-2-1-3-7-16;1-2-6-3-4-7(9)5-8(6)10/h4-5,8,12H,1-3,6-7,9-11H2;3-5,9-10H,2H2,1H3. The molecule has 2 aromatic rings. The average Bonchev–Trinajstić information content (AvgIpc) is 3.12. The maximum atomic E-state index is 10.8. The van der Waals surface area contributed by atoms with Gasteiger partial charge in [0, 0.05) is 25.7 Å². The predicted octanol–water partition coefficient (Wildman–Crippen LogP) is 3.80. The van der Waals surface area contributed by atoms with Crippen molar-refractivity contribution in [1.82, 2.24) is 9.80 Å². The lowest BCUT2D eigenvalue weighted by Gasteiger charge is -2.26. The third-order valence-electron chi connectivity index (χ3n) is 5.47. The van der Waals surface area contributed by atoms with Crippen LogP contribution in [0.15, 0.2) is 36.4 Å². The Morgan fingerprint density at radius 3 is 2.39 bits per heavy atom. The van der Waals surface area contributed by atoms with Crippen LogP contribution in [0, 0.1) is 0 Å². The van der Waals surface area contributed by atoms with Crippen molar-refractivity contribution < 1.29 is 15.0 Å². The summed E-state index contributed by atoms with van der Waals surface area (Å²) < 4.78 is 0. The fourth-order valence-electron chi connectivity index (χ4n) is 3.87. The molecule has 150 valence electrons. The molecule has 0 aliphatic carbocycles. The highest BCUT2D eigenvalue weighted by Crippen LogP contribution is 2.24. The van der Waals surface area contributed by atoms with Gasteiger partial charge in [-0.15, -0.1) is 0 Å². The second kappa shape index (κ2) is 9.60. The number of carbonyl (C=O) groups excluding carboxylic acids is 1. The number of aromatic hydroxyl groups is 2. The van der Waals surface area contributed by atoms with Crippen molar-refractivity contribution in [2.75, 3.05) is 13.1 Å². The molecular weight excluding hydrogens is 352 g/mol. The molecule has 2 aliphatic heterocycles. The number of nitrogens with zero attached hydrogens (tertiary/aromatic N) is 2. The van der Waals surface area contributed by atoms with Crippen LogP contribution in [0.1, 0.15) is 48.4 Å². The highest BCUT2D eigenvalue weighted by atomic mass is 16.3. The molecule has 0 radical (unpaired) electrons. The van der Waals surface area contributed by atoms with Gasteiger partial charge in [-0.1, -0.05) is 37.6 Å². The van der Waals surface area contributed by atoms with E-state index in [-0.39, 0.29) is 11.5 Å². The van der Waals surface area contributed by atoms with E-state index in [1.54, 1.807) is 12.1 Å². The summed E-state index contributed by atoms with van der Waals surface area (Å²) in [5.74, 6) is 0.275. The number of rotatable bonds is 4. The van der Waals surface area contributed by atoms with Crippen LogP contribution in [0.3, 0.4) is 0 Å². The molecule has 0 bridgehead atoms.